The van der Waals surface area contributed by atoms with Crippen LogP contribution in [-0.4, -0.2) is 36.6 Å². The molecule has 1 aromatic heterocycles. The summed E-state index contributed by atoms with van der Waals surface area (Å²) in [6.07, 6.45) is 0. The van der Waals surface area contributed by atoms with Crippen molar-refractivity contribution in [3.8, 4) is 11.3 Å². The van der Waals surface area contributed by atoms with E-state index >= 15 is 0 Å². The number of amides is 1. The largest absolute Gasteiger partial charge is 0.355 e. The van der Waals surface area contributed by atoms with Crippen molar-refractivity contribution in [3.63, 3.8) is 0 Å². The molecule has 0 spiro atoms. The SMILES string of the molecule is CN(C)C(CNC(=O)c1cc(-c2cccc(Cl)c2)on1)c1ccccc1. The number of nitrogens with zero attached hydrogens (tertiary/aromatic N) is 2. The van der Waals surface area contributed by atoms with Gasteiger partial charge in [-0.15, -0.1) is 0 Å². The molecule has 3 aromatic rings. The maximum Gasteiger partial charge on any atom is 0.273 e. The first-order valence-electron chi connectivity index (χ1n) is 8.27. The van der Waals surface area contributed by atoms with Crippen molar-refractivity contribution in [1.29, 1.82) is 0 Å². The molecule has 5 nitrogen and oxygen atoms in total. The summed E-state index contributed by atoms with van der Waals surface area (Å²) in [5.41, 5.74) is 2.16. The number of halogens is 1. The molecule has 1 atom stereocenters. The maximum absolute atomic E-state index is 12.4. The summed E-state index contributed by atoms with van der Waals surface area (Å²) in [5.74, 6) is 0.231. The first kappa shape index (κ1) is 18.2. The highest BCUT2D eigenvalue weighted by Crippen LogP contribution is 2.23. The van der Waals surface area contributed by atoms with E-state index in [0.717, 1.165) is 11.1 Å². The van der Waals surface area contributed by atoms with Crippen LogP contribution in [0.4, 0.5) is 0 Å². The van der Waals surface area contributed by atoms with Gasteiger partial charge in [0.05, 0.1) is 6.04 Å². The Kier molecular flexibility index (Phi) is 5.71. The quantitative estimate of drug-likeness (QED) is 0.712. The van der Waals surface area contributed by atoms with Crippen molar-refractivity contribution in [2.24, 2.45) is 0 Å². The molecule has 0 saturated heterocycles. The van der Waals surface area contributed by atoms with Crippen molar-refractivity contribution in [2.75, 3.05) is 20.6 Å². The molecule has 1 heterocycles. The van der Waals surface area contributed by atoms with Gasteiger partial charge in [-0.1, -0.05) is 59.2 Å². The lowest BCUT2D eigenvalue weighted by molar-refractivity contribution is 0.0933. The van der Waals surface area contributed by atoms with E-state index in [1.165, 1.54) is 0 Å². The van der Waals surface area contributed by atoms with Gasteiger partial charge < -0.3 is 14.7 Å². The van der Waals surface area contributed by atoms with Gasteiger partial charge in [-0.2, -0.15) is 0 Å². The Hall–Kier alpha value is -2.63. The number of aromatic nitrogens is 1. The van der Waals surface area contributed by atoms with Gasteiger partial charge in [-0.25, -0.2) is 0 Å². The third-order valence-corrected chi connectivity index (χ3v) is 4.35. The van der Waals surface area contributed by atoms with E-state index in [4.69, 9.17) is 16.1 Å². The monoisotopic (exact) mass is 369 g/mol. The molecular weight excluding hydrogens is 350 g/mol. The van der Waals surface area contributed by atoms with Crippen LogP contribution in [0.5, 0.6) is 0 Å². The van der Waals surface area contributed by atoms with Crippen molar-refractivity contribution < 1.29 is 9.32 Å². The van der Waals surface area contributed by atoms with Crippen LogP contribution in [0.2, 0.25) is 5.02 Å². The lowest BCUT2D eigenvalue weighted by Gasteiger charge is -2.24. The summed E-state index contributed by atoms with van der Waals surface area (Å²) in [4.78, 5) is 14.5. The third-order valence-electron chi connectivity index (χ3n) is 4.12. The highest BCUT2D eigenvalue weighted by atomic mass is 35.5. The van der Waals surface area contributed by atoms with Crippen molar-refractivity contribution in [1.82, 2.24) is 15.4 Å². The van der Waals surface area contributed by atoms with Gasteiger partial charge in [0, 0.05) is 23.2 Å². The lowest BCUT2D eigenvalue weighted by atomic mass is 10.1. The van der Waals surface area contributed by atoms with Gasteiger partial charge in [0.2, 0.25) is 0 Å². The fourth-order valence-corrected chi connectivity index (χ4v) is 2.90. The van der Waals surface area contributed by atoms with Crippen molar-refractivity contribution in [2.45, 2.75) is 6.04 Å². The second-order valence-electron chi connectivity index (χ2n) is 6.19. The van der Waals surface area contributed by atoms with Crippen LogP contribution in [0.1, 0.15) is 22.1 Å². The number of carbonyl (C=O) groups excluding carboxylic acids is 1. The van der Waals surface area contributed by atoms with Gasteiger partial charge in [-0.05, 0) is 31.8 Å². The summed E-state index contributed by atoms with van der Waals surface area (Å²) in [7, 11) is 3.97. The number of hydrogen-bond donors (Lipinski definition) is 1. The van der Waals surface area contributed by atoms with Crippen LogP contribution in [0.25, 0.3) is 11.3 Å². The number of benzene rings is 2. The summed E-state index contributed by atoms with van der Waals surface area (Å²) in [5, 5.41) is 7.40. The standard InChI is InChI=1S/C20H20ClN3O2/c1-24(2)18(14-7-4-3-5-8-14)13-22-20(25)17-12-19(26-23-17)15-9-6-10-16(21)11-15/h3-12,18H,13H2,1-2H3,(H,22,25). The topological polar surface area (TPSA) is 58.4 Å². The molecule has 0 aliphatic heterocycles. The normalized spacial score (nSPS) is 12.2. The Morgan fingerprint density at radius 3 is 2.62 bits per heavy atom. The zero-order valence-electron chi connectivity index (χ0n) is 14.6. The molecule has 2 aromatic carbocycles. The van der Waals surface area contributed by atoms with Gasteiger partial charge in [0.1, 0.15) is 0 Å². The number of carbonyl (C=O) groups is 1. The molecule has 0 radical (unpaired) electrons. The van der Waals surface area contributed by atoms with Crippen LogP contribution in [-0.2, 0) is 0 Å². The molecule has 0 aliphatic carbocycles. The Balaban J connectivity index is 1.68. The van der Waals surface area contributed by atoms with Crippen molar-refractivity contribution >= 4 is 17.5 Å². The summed E-state index contributed by atoms with van der Waals surface area (Å²) in [6, 6.07) is 18.9. The van der Waals surface area contributed by atoms with Crippen LogP contribution in [0.3, 0.4) is 0 Å². The van der Waals surface area contributed by atoms with Crippen LogP contribution in [0.15, 0.2) is 65.2 Å². The van der Waals surface area contributed by atoms with Crippen molar-refractivity contribution in [3.05, 3.63) is 76.9 Å². The van der Waals surface area contributed by atoms with E-state index in [0.29, 0.717) is 17.3 Å². The Labute approximate surface area is 157 Å². The van der Waals surface area contributed by atoms with E-state index in [2.05, 4.69) is 15.4 Å². The molecule has 26 heavy (non-hydrogen) atoms. The predicted octanol–water partition coefficient (Wildman–Crippen LogP) is 4.03. The third kappa shape index (κ3) is 4.31. The minimum atomic E-state index is -0.273. The Bertz CT molecular complexity index is 878. The van der Waals surface area contributed by atoms with E-state index in [9.17, 15) is 4.79 Å². The molecule has 1 unspecified atom stereocenters. The molecule has 0 bridgehead atoms. The molecule has 0 aliphatic rings. The van der Waals surface area contributed by atoms with Gasteiger partial charge in [0.25, 0.3) is 5.91 Å². The molecular formula is C20H20ClN3O2. The first-order chi connectivity index (χ1) is 12.5. The average molecular weight is 370 g/mol. The van der Waals surface area contributed by atoms with E-state index < -0.39 is 0 Å². The molecule has 0 saturated carbocycles. The summed E-state index contributed by atoms with van der Waals surface area (Å²) in [6.45, 7) is 0.467. The van der Waals surface area contributed by atoms with Crippen LogP contribution < -0.4 is 5.32 Å². The van der Waals surface area contributed by atoms with Crippen LogP contribution >= 0.6 is 11.6 Å². The molecule has 6 heteroatoms. The average Bonchev–Trinajstić information content (AvgIpc) is 3.13. The number of hydrogen-bond acceptors (Lipinski definition) is 4. The minimum Gasteiger partial charge on any atom is -0.355 e. The van der Waals surface area contributed by atoms with Gasteiger partial charge in [-0.3, -0.25) is 4.79 Å². The molecule has 134 valence electrons. The highest BCUT2D eigenvalue weighted by Gasteiger charge is 2.18. The fourth-order valence-electron chi connectivity index (χ4n) is 2.71. The van der Waals surface area contributed by atoms with Crippen LogP contribution in [0, 0.1) is 0 Å². The van der Waals surface area contributed by atoms with E-state index in [1.54, 1.807) is 18.2 Å². The maximum atomic E-state index is 12.4. The van der Waals surface area contributed by atoms with Gasteiger partial charge in [0.15, 0.2) is 11.5 Å². The van der Waals surface area contributed by atoms with E-state index in [1.807, 2.05) is 56.6 Å². The summed E-state index contributed by atoms with van der Waals surface area (Å²) < 4.78 is 5.29. The first-order valence-corrected chi connectivity index (χ1v) is 8.64. The number of rotatable bonds is 6. The lowest BCUT2D eigenvalue weighted by Crippen LogP contribution is -2.34. The predicted molar refractivity (Wildman–Crippen MR) is 102 cm³/mol. The smallest absolute Gasteiger partial charge is 0.273 e. The number of likely N-dealkylation sites (N-methyl/N-ethyl adjacent to an activating group) is 1. The zero-order chi connectivity index (χ0) is 18.5. The zero-order valence-corrected chi connectivity index (χ0v) is 15.4. The molecule has 1 amide bonds. The highest BCUT2D eigenvalue weighted by molar-refractivity contribution is 6.30. The second-order valence-corrected chi connectivity index (χ2v) is 6.62. The van der Waals surface area contributed by atoms with Gasteiger partial charge >= 0.3 is 0 Å². The van der Waals surface area contributed by atoms with E-state index in [-0.39, 0.29) is 17.6 Å². The molecule has 0 fully saturated rings. The second kappa shape index (κ2) is 8.17. The molecule has 1 N–H and O–H groups in total. The minimum absolute atomic E-state index is 0.0689. The Morgan fingerprint density at radius 1 is 1.15 bits per heavy atom. The fraction of sp³-hybridized carbons (Fsp3) is 0.200. The molecule has 3 rings (SSSR count). The number of nitrogens with one attached hydrogen (secondary N) is 1. The summed E-state index contributed by atoms with van der Waals surface area (Å²) >= 11 is 5.99. The Morgan fingerprint density at radius 2 is 1.92 bits per heavy atom.